The molecule has 1 aliphatic heterocycles. The van der Waals surface area contributed by atoms with Crippen molar-refractivity contribution in [2.24, 2.45) is 5.92 Å². The van der Waals surface area contributed by atoms with Gasteiger partial charge in [0.1, 0.15) is 0 Å². The van der Waals surface area contributed by atoms with E-state index in [0.717, 1.165) is 0 Å². The number of aryl methyl sites for hydroxylation is 1. The maximum atomic E-state index is 12.1. The predicted octanol–water partition coefficient (Wildman–Crippen LogP) is 1.57. The molecule has 1 saturated heterocycles. The Bertz CT molecular complexity index is 671. The second-order valence-electron chi connectivity index (χ2n) is 5.37. The van der Waals surface area contributed by atoms with Crippen LogP contribution >= 0.6 is 0 Å². The normalized spacial score (nSPS) is 15.6. The van der Waals surface area contributed by atoms with Crippen LogP contribution in [0, 0.1) is 12.8 Å². The van der Waals surface area contributed by atoms with E-state index < -0.39 is 0 Å². The minimum Gasteiger partial charge on any atom is -0.459 e. The van der Waals surface area contributed by atoms with E-state index in [1.54, 1.807) is 24.0 Å². The first-order valence-electron chi connectivity index (χ1n) is 7.42. The summed E-state index contributed by atoms with van der Waals surface area (Å²) in [5, 5.41) is 7.44. The number of hydrogen-bond acceptors (Lipinski definition) is 7. The summed E-state index contributed by atoms with van der Waals surface area (Å²) >= 11 is 0. The lowest BCUT2D eigenvalue weighted by Gasteiger charge is -2.30. The Balaban J connectivity index is 1.46. The van der Waals surface area contributed by atoms with E-state index in [2.05, 4.69) is 10.2 Å². The number of rotatable bonds is 4. The third-order valence-electron chi connectivity index (χ3n) is 3.75. The van der Waals surface area contributed by atoms with Crippen molar-refractivity contribution >= 4 is 11.9 Å². The summed E-state index contributed by atoms with van der Waals surface area (Å²) in [6.45, 7) is 2.65. The lowest BCUT2D eigenvalue weighted by molar-refractivity contribution is -0.152. The molecule has 0 unspecified atom stereocenters. The molecule has 3 rings (SSSR count). The van der Waals surface area contributed by atoms with Crippen LogP contribution in [0.1, 0.15) is 35.2 Å². The second kappa shape index (κ2) is 6.64. The summed E-state index contributed by atoms with van der Waals surface area (Å²) in [5.41, 5.74) is 0. The van der Waals surface area contributed by atoms with Crippen molar-refractivity contribution in [2.75, 3.05) is 13.1 Å². The fourth-order valence-corrected chi connectivity index (χ4v) is 2.52. The largest absolute Gasteiger partial charge is 0.459 e. The summed E-state index contributed by atoms with van der Waals surface area (Å²) in [7, 11) is 0. The van der Waals surface area contributed by atoms with Crippen molar-refractivity contribution in [1.82, 2.24) is 15.1 Å². The molecule has 8 nitrogen and oxygen atoms in total. The summed E-state index contributed by atoms with van der Waals surface area (Å²) in [6, 6.07) is 3.31. The van der Waals surface area contributed by atoms with Gasteiger partial charge in [0.2, 0.25) is 5.89 Å². The molecular formula is C15H17N3O5. The standard InChI is InChI=1S/C15H17N3O5/c1-10-16-17-13(23-10)9-22-15(20)11-4-6-18(7-5-11)14(19)12-3-2-8-21-12/h2-3,8,11H,4-7,9H2,1H3. The number of likely N-dealkylation sites (tertiary alicyclic amines) is 1. The van der Waals surface area contributed by atoms with E-state index >= 15 is 0 Å². The van der Waals surface area contributed by atoms with Gasteiger partial charge in [-0.3, -0.25) is 9.59 Å². The van der Waals surface area contributed by atoms with Crippen LogP contribution in [-0.2, 0) is 16.1 Å². The van der Waals surface area contributed by atoms with Crippen LogP contribution in [0.15, 0.2) is 27.2 Å². The monoisotopic (exact) mass is 319 g/mol. The molecule has 2 aromatic rings. The van der Waals surface area contributed by atoms with E-state index in [1.807, 2.05) is 0 Å². The smallest absolute Gasteiger partial charge is 0.309 e. The highest BCUT2D eigenvalue weighted by atomic mass is 16.5. The average molecular weight is 319 g/mol. The minimum atomic E-state index is -0.300. The molecule has 23 heavy (non-hydrogen) atoms. The Labute approximate surface area is 132 Å². The molecule has 2 aromatic heterocycles. The van der Waals surface area contributed by atoms with Crippen molar-refractivity contribution in [3.8, 4) is 0 Å². The van der Waals surface area contributed by atoms with Crippen molar-refractivity contribution in [3.05, 3.63) is 35.9 Å². The van der Waals surface area contributed by atoms with Gasteiger partial charge in [0, 0.05) is 20.0 Å². The van der Waals surface area contributed by atoms with Gasteiger partial charge >= 0.3 is 5.97 Å². The van der Waals surface area contributed by atoms with Gasteiger partial charge in [0.05, 0.1) is 12.2 Å². The minimum absolute atomic E-state index is 0.0226. The van der Waals surface area contributed by atoms with Gasteiger partial charge in [-0.15, -0.1) is 10.2 Å². The summed E-state index contributed by atoms with van der Waals surface area (Å²) in [5.74, 6) is 0.355. The topological polar surface area (TPSA) is 98.7 Å². The Kier molecular flexibility index (Phi) is 4.40. The van der Waals surface area contributed by atoms with Gasteiger partial charge in [-0.2, -0.15) is 0 Å². The zero-order valence-electron chi connectivity index (χ0n) is 12.7. The van der Waals surface area contributed by atoms with Crippen LogP contribution in [0.25, 0.3) is 0 Å². The molecule has 0 aromatic carbocycles. The first kappa shape index (κ1) is 15.3. The van der Waals surface area contributed by atoms with Crippen molar-refractivity contribution in [2.45, 2.75) is 26.4 Å². The fraction of sp³-hybridized carbons (Fsp3) is 0.467. The number of piperidine rings is 1. The molecule has 122 valence electrons. The number of carbonyl (C=O) groups is 2. The van der Waals surface area contributed by atoms with Gasteiger partial charge < -0.3 is 18.5 Å². The van der Waals surface area contributed by atoms with E-state index in [-0.39, 0.29) is 30.3 Å². The zero-order chi connectivity index (χ0) is 16.2. The highest BCUT2D eigenvalue weighted by Gasteiger charge is 2.29. The van der Waals surface area contributed by atoms with E-state index in [9.17, 15) is 9.59 Å². The number of ether oxygens (including phenoxy) is 1. The molecule has 0 saturated carbocycles. The van der Waals surface area contributed by atoms with Gasteiger partial charge in [0.15, 0.2) is 12.4 Å². The Morgan fingerprint density at radius 1 is 1.35 bits per heavy atom. The Hall–Kier alpha value is -2.64. The van der Waals surface area contributed by atoms with Crippen LogP contribution in [0.5, 0.6) is 0 Å². The molecule has 0 spiro atoms. The SMILES string of the molecule is Cc1nnc(COC(=O)C2CCN(C(=O)c3ccco3)CC2)o1. The maximum absolute atomic E-state index is 12.1. The Morgan fingerprint density at radius 3 is 2.74 bits per heavy atom. The number of nitrogens with zero attached hydrogens (tertiary/aromatic N) is 3. The van der Waals surface area contributed by atoms with Gasteiger partial charge in [-0.1, -0.05) is 0 Å². The average Bonchev–Trinajstić information content (AvgIpc) is 3.24. The Morgan fingerprint density at radius 2 is 2.13 bits per heavy atom. The lowest BCUT2D eigenvalue weighted by atomic mass is 9.97. The van der Waals surface area contributed by atoms with Crippen LogP contribution in [0.4, 0.5) is 0 Å². The lowest BCUT2D eigenvalue weighted by Crippen LogP contribution is -2.40. The molecular weight excluding hydrogens is 302 g/mol. The van der Waals surface area contributed by atoms with Crippen LogP contribution in [0.2, 0.25) is 0 Å². The third-order valence-corrected chi connectivity index (χ3v) is 3.75. The molecule has 0 bridgehead atoms. The van der Waals surface area contributed by atoms with Crippen LogP contribution < -0.4 is 0 Å². The number of esters is 1. The first-order valence-corrected chi connectivity index (χ1v) is 7.42. The summed E-state index contributed by atoms with van der Waals surface area (Å²) in [6.07, 6.45) is 2.60. The van der Waals surface area contributed by atoms with Crippen LogP contribution in [-0.4, -0.2) is 40.1 Å². The van der Waals surface area contributed by atoms with E-state index in [1.165, 1.54) is 6.26 Å². The van der Waals surface area contributed by atoms with Crippen molar-refractivity contribution < 1.29 is 23.2 Å². The first-order chi connectivity index (χ1) is 11.1. The number of hydrogen-bond donors (Lipinski definition) is 0. The molecule has 0 N–H and O–H groups in total. The van der Waals surface area contributed by atoms with Crippen molar-refractivity contribution in [1.29, 1.82) is 0 Å². The fourth-order valence-electron chi connectivity index (χ4n) is 2.52. The molecule has 1 amide bonds. The highest BCUT2D eigenvalue weighted by molar-refractivity contribution is 5.91. The molecule has 0 radical (unpaired) electrons. The van der Waals surface area contributed by atoms with Gasteiger partial charge in [0.25, 0.3) is 11.8 Å². The molecule has 1 fully saturated rings. The molecule has 0 atom stereocenters. The molecule has 8 heteroatoms. The van der Waals surface area contributed by atoms with Crippen molar-refractivity contribution in [3.63, 3.8) is 0 Å². The van der Waals surface area contributed by atoms with Gasteiger partial charge in [-0.25, -0.2) is 0 Å². The highest BCUT2D eigenvalue weighted by Crippen LogP contribution is 2.21. The molecule has 0 aliphatic carbocycles. The molecule has 3 heterocycles. The summed E-state index contributed by atoms with van der Waals surface area (Å²) in [4.78, 5) is 25.9. The number of amides is 1. The van der Waals surface area contributed by atoms with Gasteiger partial charge in [-0.05, 0) is 25.0 Å². The number of aromatic nitrogens is 2. The number of carbonyl (C=O) groups excluding carboxylic acids is 2. The van der Waals surface area contributed by atoms with Crippen LogP contribution in [0.3, 0.4) is 0 Å². The van der Waals surface area contributed by atoms with E-state index in [0.29, 0.717) is 37.6 Å². The summed E-state index contributed by atoms with van der Waals surface area (Å²) < 4.78 is 15.4. The van der Waals surface area contributed by atoms with E-state index in [4.69, 9.17) is 13.6 Å². The third kappa shape index (κ3) is 3.58. The predicted molar refractivity (Wildman–Crippen MR) is 76.2 cm³/mol. The second-order valence-corrected chi connectivity index (χ2v) is 5.37. The zero-order valence-corrected chi connectivity index (χ0v) is 12.7. The molecule has 1 aliphatic rings. The quantitative estimate of drug-likeness (QED) is 0.789. The maximum Gasteiger partial charge on any atom is 0.309 e. The number of furan rings is 1.